The molecule has 4 atom stereocenters. The van der Waals surface area contributed by atoms with Gasteiger partial charge in [0.1, 0.15) is 0 Å². The van der Waals surface area contributed by atoms with Gasteiger partial charge in [-0.25, -0.2) is 0 Å². The lowest BCUT2D eigenvalue weighted by Crippen LogP contribution is -2.44. The topological polar surface area (TPSA) is 47.3 Å². The zero-order valence-electron chi connectivity index (χ0n) is 11.2. The molecule has 3 heteroatoms. The molecule has 1 saturated heterocycles. The minimum Gasteiger partial charge on any atom is -0.378 e. The van der Waals surface area contributed by atoms with E-state index < -0.39 is 0 Å². The molecule has 1 aliphatic heterocycles. The van der Waals surface area contributed by atoms with E-state index in [0.29, 0.717) is 18.1 Å². The minimum absolute atomic E-state index is 0.488. The van der Waals surface area contributed by atoms with Gasteiger partial charge in [0.05, 0.1) is 6.10 Å². The fraction of sp³-hybridized carbons (Fsp3) is 1.00. The lowest BCUT2D eigenvalue weighted by molar-refractivity contribution is 0.0853. The first-order chi connectivity index (χ1) is 8.35. The molecule has 17 heavy (non-hydrogen) atoms. The van der Waals surface area contributed by atoms with Crippen molar-refractivity contribution >= 4 is 0 Å². The summed E-state index contributed by atoms with van der Waals surface area (Å²) in [5.74, 6) is 1.42. The molecule has 0 aromatic carbocycles. The summed E-state index contributed by atoms with van der Waals surface area (Å²) in [4.78, 5) is 0. The van der Waals surface area contributed by atoms with Crippen LogP contribution >= 0.6 is 0 Å². The number of ether oxygens (including phenoxy) is 1. The molecule has 0 amide bonds. The molecule has 100 valence electrons. The lowest BCUT2D eigenvalue weighted by atomic mass is 9.84. The molecule has 0 radical (unpaired) electrons. The van der Waals surface area contributed by atoms with Gasteiger partial charge in [-0.15, -0.1) is 0 Å². The van der Waals surface area contributed by atoms with Crippen LogP contribution in [0.15, 0.2) is 0 Å². The Labute approximate surface area is 105 Å². The maximum atomic E-state index is 5.87. The van der Waals surface area contributed by atoms with Gasteiger partial charge in [0.2, 0.25) is 0 Å². The average molecular weight is 240 g/mol. The molecule has 0 aromatic rings. The molecule has 2 aliphatic rings. The summed E-state index contributed by atoms with van der Waals surface area (Å²) in [6.45, 7) is 5.15. The number of hydrogen-bond acceptors (Lipinski definition) is 3. The van der Waals surface area contributed by atoms with Gasteiger partial charge in [-0.2, -0.15) is 0 Å². The largest absolute Gasteiger partial charge is 0.378 e. The van der Waals surface area contributed by atoms with E-state index in [0.717, 1.165) is 32.0 Å². The molecular formula is C14H28N2O. The highest BCUT2D eigenvalue weighted by Gasteiger charge is 2.29. The molecule has 4 unspecified atom stereocenters. The molecule has 0 spiro atoms. The Morgan fingerprint density at radius 2 is 2.00 bits per heavy atom. The average Bonchev–Trinajstić information content (AvgIpc) is 2.84. The van der Waals surface area contributed by atoms with Crippen molar-refractivity contribution in [3.05, 3.63) is 0 Å². The van der Waals surface area contributed by atoms with Gasteiger partial charge in [0.15, 0.2) is 0 Å². The fourth-order valence-electron chi connectivity index (χ4n) is 3.44. The number of nitrogens with one attached hydrogen (secondary N) is 1. The Morgan fingerprint density at radius 1 is 1.18 bits per heavy atom. The summed E-state index contributed by atoms with van der Waals surface area (Å²) in [5.41, 5.74) is 5.87. The fourth-order valence-corrected chi connectivity index (χ4v) is 3.44. The van der Waals surface area contributed by atoms with Crippen LogP contribution in [0.4, 0.5) is 0 Å². The molecule has 0 aromatic heterocycles. The van der Waals surface area contributed by atoms with E-state index in [4.69, 9.17) is 10.5 Å². The molecule has 3 N–H and O–H groups in total. The highest BCUT2D eigenvalue weighted by atomic mass is 16.5. The highest BCUT2D eigenvalue weighted by Crippen LogP contribution is 2.26. The minimum atomic E-state index is 0.488. The van der Waals surface area contributed by atoms with Crippen molar-refractivity contribution in [2.75, 3.05) is 19.7 Å². The van der Waals surface area contributed by atoms with Crippen molar-refractivity contribution < 1.29 is 4.74 Å². The predicted molar refractivity (Wildman–Crippen MR) is 70.9 cm³/mol. The van der Waals surface area contributed by atoms with Gasteiger partial charge in [-0.3, -0.25) is 0 Å². The van der Waals surface area contributed by atoms with Crippen LogP contribution in [0.3, 0.4) is 0 Å². The molecule has 1 heterocycles. The van der Waals surface area contributed by atoms with E-state index in [1.54, 1.807) is 0 Å². The summed E-state index contributed by atoms with van der Waals surface area (Å²) >= 11 is 0. The third-order valence-electron chi connectivity index (χ3n) is 4.60. The lowest BCUT2D eigenvalue weighted by Gasteiger charge is -2.32. The maximum absolute atomic E-state index is 5.87. The zero-order valence-corrected chi connectivity index (χ0v) is 11.2. The Bertz CT molecular complexity index is 222. The molecule has 1 aliphatic carbocycles. The van der Waals surface area contributed by atoms with Gasteiger partial charge in [0.25, 0.3) is 0 Å². The van der Waals surface area contributed by atoms with E-state index in [-0.39, 0.29) is 0 Å². The normalized spacial score (nSPS) is 38.5. The standard InChI is InChI=1S/C14H28N2O/c1-2-14-12(7-8-17-14)10-16-13-6-4-3-5-11(13)9-15/h11-14,16H,2-10,15H2,1H3. The van der Waals surface area contributed by atoms with Crippen molar-refractivity contribution in [1.29, 1.82) is 0 Å². The Balaban J connectivity index is 1.76. The SMILES string of the molecule is CCC1OCCC1CNC1CCCCC1CN. The van der Waals surface area contributed by atoms with Crippen LogP contribution in [0.1, 0.15) is 45.4 Å². The third-order valence-corrected chi connectivity index (χ3v) is 4.60. The molecule has 3 nitrogen and oxygen atoms in total. The number of nitrogens with two attached hydrogens (primary N) is 1. The van der Waals surface area contributed by atoms with Crippen molar-refractivity contribution in [1.82, 2.24) is 5.32 Å². The van der Waals surface area contributed by atoms with Gasteiger partial charge >= 0.3 is 0 Å². The van der Waals surface area contributed by atoms with Crippen LogP contribution in [-0.2, 0) is 4.74 Å². The summed E-state index contributed by atoms with van der Waals surface area (Å²) < 4.78 is 5.74. The van der Waals surface area contributed by atoms with Gasteiger partial charge < -0.3 is 15.8 Å². The van der Waals surface area contributed by atoms with E-state index in [9.17, 15) is 0 Å². The van der Waals surface area contributed by atoms with Crippen LogP contribution in [-0.4, -0.2) is 31.8 Å². The summed E-state index contributed by atoms with van der Waals surface area (Å²) in [7, 11) is 0. The van der Waals surface area contributed by atoms with Crippen molar-refractivity contribution in [2.24, 2.45) is 17.6 Å². The van der Waals surface area contributed by atoms with Crippen LogP contribution < -0.4 is 11.1 Å². The Hall–Kier alpha value is -0.120. The monoisotopic (exact) mass is 240 g/mol. The van der Waals surface area contributed by atoms with Crippen LogP contribution in [0.25, 0.3) is 0 Å². The maximum Gasteiger partial charge on any atom is 0.0613 e. The molecular weight excluding hydrogens is 212 g/mol. The molecule has 0 bridgehead atoms. The van der Waals surface area contributed by atoms with Crippen LogP contribution in [0.5, 0.6) is 0 Å². The molecule has 2 fully saturated rings. The first-order valence-electron chi connectivity index (χ1n) is 7.40. The summed E-state index contributed by atoms with van der Waals surface area (Å²) in [6.07, 6.45) is 8.22. The second-order valence-corrected chi connectivity index (χ2v) is 5.66. The number of hydrogen-bond donors (Lipinski definition) is 2. The van der Waals surface area contributed by atoms with Crippen LogP contribution in [0, 0.1) is 11.8 Å². The Kier molecular flexibility index (Phi) is 5.26. The first-order valence-corrected chi connectivity index (χ1v) is 7.40. The Morgan fingerprint density at radius 3 is 2.76 bits per heavy atom. The van der Waals surface area contributed by atoms with Crippen molar-refractivity contribution in [3.63, 3.8) is 0 Å². The van der Waals surface area contributed by atoms with Gasteiger partial charge in [0, 0.05) is 19.2 Å². The van der Waals surface area contributed by atoms with Crippen molar-refractivity contribution in [3.8, 4) is 0 Å². The summed E-state index contributed by atoms with van der Waals surface area (Å²) in [6, 6.07) is 0.659. The smallest absolute Gasteiger partial charge is 0.0613 e. The zero-order chi connectivity index (χ0) is 12.1. The van der Waals surface area contributed by atoms with Gasteiger partial charge in [-0.1, -0.05) is 19.8 Å². The second-order valence-electron chi connectivity index (χ2n) is 5.66. The second kappa shape index (κ2) is 6.72. The van der Waals surface area contributed by atoms with Gasteiger partial charge in [-0.05, 0) is 44.1 Å². The number of rotatable bonds is 5. The van der Waals surface area contributed by atoms with E-state index in [1.807, 2.05) is 0 Å². The van der Waals surface area contributed by atoms with E-state index in [1.165, 1.54) is 32.1 Å². The molecule has 1 saturated carbocycles. The summed E-state index contributed by atoms with van der Waals surface area (Å²) in [5, 5.41) is 3.77. The predicted octanol–water partition coefficient (Wildman–Crippen LogP) is 1.91. The molecule has 2 rings (SSSR count). The third kappa shape index (κ3) is 3.43. The highest BCUT2D eigenvalue weighted by molar-refractivity contribution is 4.84. The van der Waals surface area contributed by atoms with Crippen molar-refractivity contribution in [2.45, 2.75) is 57.6 Å². The van der Waals surface area contributed by atoms with Crippen LogP contribution in [0.2, 0.25) is 0 Å². The van der Waals surface area contributed by atoms with E-state index in [2.05, 4.69) is 12.2 Å². The first kappa shape index (κ1) is 13.3. The quantitative estimate of drug-likeness (QED) is 0.771. The van der Waals surface area contributed by atoms with E-state index >= 15 is 0 Å².